The van der Waals surface area contributed by atoms with Crippen LogP contribution >= 0.6 is 0 Å². The first-order valence-corrected chi connectivity index (χ1v) is 8.89. The van der Waals surface area contributed by atoms with Gasteiger partial charge in [0.25, 0.3) is 11.8 Å². The lowest BCUT2D eigenvalue weighted by atomic mass is 9.94. The first-order valence-electron chi connectivity index (χ1n) is 8.89. The summed E-state index contributed by atoms with van der Waals surface area (Å²) < 4.78 is 0. The van der Waals surface area contributed by atoms with Crippen LogP contribution in [0.4, 0.5) is 5.69 Å². The Morgan fingerprint density at radius 3 is 2.65 bits per heavy atom. The summed E-state index contributed by atoms with van der Waals surface area (Å²) in [6, 6.07) is 8.82. The van der Waals surface area contributed by atoms with Gasteiger partial charge in [0.2, 0.25) is 0 Å². The molecule has 0 bridgehead atoms. The second kappa shape index (κ2) is 8.10. The summed E-state index contributed by atoms with van der Waals surface area (Å²) in [6.45, 7) is 5.76. The molecular formula is C20H24N4O2. The van der Waals surface area contributed by atoms with Crippen molar-refractivity contribution in [3.63, 3.8) is 0 Å². The molecule has 1 fully saturated rings. The van der Waals surface area contributed by atoms with Crippen LogP contribution in [0.5, 0.6) is 0 Å². The van der Waals surface area contributed by atoms with Crippen LogP contribution in [0.15, 0.2) is 42.7 Å². The Morgan fingerprint density at radius 2 is 1.92 bits per heavy atom. The normalized spacial score (nSPS) is 19.6. The Kier molecular flexibility index (Phi) is 5.63. The topological polar surface area (TPSA) is 83.1 Å². The van der Waals surface area contributed by atoms with Crippen molar-refractivity contribution in [2.75, 3.05) is 18.4 Å². The van der Waals surface area contributed by atoms with Crippen molar-refractivity contribution in [2.24, 2.45) is 5.92 Å². The van der Waals surface area contributed by atoms with E-state index < -0.39 is 0 Å². The maximum atomic E-state index is 12.8. The number of rotatable bonds is 4. The summed E-state index contributed by atoms with van der Waals surface area (Å²) in [7, 11) is 0. The van der Waals surface area contributed by atoms with E-state index in [2.05, 4.69) is 27.9 Å². The van der Waals surface area contributed by atoms with Crippen LogP contribution in [-0.2, 0) is 0 Å². The molecule has 0 radical (unpaired) electrons. The second-order valence-electron chi connectivity index (χ2n) is 6.74. The highest BCUT2D eigenvalue weighted by Gasteiger charge is 2.24. The average molecular weight is 352 g/mol. The molecule has 1 aliphatic heterocycles. The lowest BCUT2D eigenvalue weighted by Gasteiger charge is -2.30. The van der Waals surface area contributed by atoms with Crippen LogP contribution in [0.1, 0.15) is 39.6 Å². The number of para-hydroxylation sites is 1. The van der Waals surface area contributed by atoms with Gasteiger partial charge >= 0.3 is 0 Å². The van der Waals surface area contributed by atoms with Crippen LogP contribution in [-0.4, -0.2) is 35.9 Å². The predicted octanol–water partition coefficient (Wildman–Crippen LogP) is 2.37. The Bertz CT molecular complexity index is 792. The Labute approximate surface area is 153 Å². The number of benzene rings is 1. The Morgan fingerprint density at radius 1 is 1.15 bits per heavy atom. The predicted molar refractivity (Wildman–Crippen MR) is 101 cm³/mol. The lowest BCUT2D eigenvalue weighted by molar-refractivity contribution is 0.0916. The molecule has 1 aromatic carbocycles. The number of hydrogen-bond acceptors (Lipinski definition) is 4. The number of aryl methyl sites for hydroxylation is 1. The molecule has 6 nitrogen and oxygen atoms in total. The zero-order valence-corrected chi connectivity index (χ0v) is 15.1. The minimum absolute atomic E-state index is 0.0838. The van der Waals surface area contributed by atoms with Crippen molar-refractivity contribution >= 4 is 17.5 Å². The minimum Gasteiger partial charge on any atom is -0.348 e. The molecule has 0 saturated carbocycles. The quantitative estimate of drug-likeness (QED) is 0.789. The van der Waals surface area contributed by atoms with Crippen LogP contribution in [0.2, 0.25) is 0 Å². The fourth-order valence-electron chi connectivity index (χ4n) is 3.14. The fourth-order valence-corrected chi connectivity index (χ4v) is 3.14. The fraction of sp³-hybridized carbons (Fsp3) is 0.350. The van der Waals surface area contributed by atoms with E-state index in [1.165, 1.54) is 0 Å². The van der Waals surface area contributed by atoms with E-state index in [9.17, 15) is 9.59 Å². The third kappa shape index (κ3) is 4.08. The molecule has 136 valence electrons. The van der Waals surface area contributed by atoms with Crippen LogP contribution in [0, 0.1) is 12.8 Å². The smallest absolute Gasteiger partial charge is 0.255 e. The molecule has 2 heterocycles. The SMILES string of the molecule is Cc1cccc(C(=O)NC2CNCCC2C)c1NC(=O)c1ccncc1. The molecule has 2 atom stereocenters. The second-order valence-corrected chi connectivity index (χ2v) is 6.74. The van der Waals surface area contributed by atoms with Gasteiger partial charge in [0.05, 0.1) is 11.3 Å². The summed E-state index contributed by atoms with van der Waals surface area (Å²) in [5, 5.41) is 9.30. The molecular weight excluding hydrogens is 328 g/mol. The maximum absolute atomic E-state index is 12.8. The Hall–Kier alpha value is -2.73. The molecule has 6 heteroatoms. The number of anilines is 1. The zero-order valence-electron chi connectivity index (χ0n) is 15.1. The molecule has 1 aromatic heterocycles. The van der Waals surface area contributed by atoms with Gasteiger partial charge in [-0.25, -0.2) is 0 Å². The van der Waals surface area contributed by atoms with Crippen molar-refractivity contribution in [1.82, 2.24) is 15.6 Å². The average Bonchev–Trinajstić information content (AvgIpc) is 2.65. The van der Waals surface area contributed by atoms with Gasteiger partial charge in [0.1, 0.15) is 0 Å². The van der Waals surface area contributed by atoms with E-state index >= 15 is 0 Å². The number of pyridine rings is 1. The van der Waals surface area contributed by atoms with E-state index in [1.54, 1.807) is 30.6 Å². The highest BCUT2D eigenvalue weighted by Crippen LogP contribution is 2.22. The van der Waals surface area contributed by atoms with Crippen molar-refractivity contribution < 1.29 is 9.59 Å². The summed E-state index contributed by atoms with van der Waals surface area (Å²) in [6.07, 6.45) is 4.17. The van der Waals surface area contributed by atoms with Crippen molar-refractivity contribution in [3.8, 4) is 0 Å². The van der Waals surface area contributed by atoms with E-state index in [4.69, 9.17) is 0 Å². The van der Waals surface area contributed by atoms with E-state index in [0.717, 1.165) is 25.1 Å². The maximum Gasteiger partial charge on any atom is 0.255 e. The number of piperidine rings is 1. The standard InChI is InChI=1S/C20H24N4O2/c1-13-6-9-22-12-17(13)23-20(26)16-5-3-4-14(2)18(16)24-19(25)15-7-10-21-11-8-15/h3-5,7-8,10-11,13,17,22H,6,9,12H2,1-2H3,(H,23,26)(H,24,25). The van der Waals surface area contributed by atoms with Crippen LogP contribution < -0.4 is 16.0 Å². The van der Waals surface area contributed by atoms with Gasteiger partial charge in [-0.1, -0.05) is 19.1 Å². The molecule has 3 N–H and O–H groups in total. The number of carbonyl (C=O) groups excluding carboxylic acids is 2. The number of nitrogens with zero attached hydrogens (tertiary/aromatic N) is 1. The van der Waals surface area contributed by atoms with Gasteiger partial charge in [0, 0.05) is 30.5 Å². The third-order valence-corrected chi connectivity index (χ3v) is 4.84. The van der Waals surface area contributed by atoms with E-state index in [0.29, 0.717) is 22.7 Å². The Balaban J connectivity index is 1.80. The van der Waals surface area contributed by atoms with Gasteiger partial charge < -0.3 is 16.0 Å². The number of nitrogens with one attached hydrogen (secondary N) is 3. The van der Waals surface area contributed by atoms with Crippen molar-refractivity contribution in [1.29, 1.82) is 0 Å². The van der Waals surface area contributed by atoms with E-state index in [1.807, 2.05) is 19.1 Å². The van der Waals surface area contributed by atoms with E-state index in [-0.39, 0.29) is 17.9 Å². The largest absolute Gasteiger partial charge is 0.348 e. The molecule has 1 saturated heterocycles. The van der Waals surface area contributed by atoms with Gasteiger partial charge in [-0.3, -0.25) is 14.6 Å². The third-order valence-electron chi connectivity index (χ3n) is 4.84. The lowest BCUT2D eigenvalue weighted by Crippen LogP contribution is -2.50. The molecule has 1 aliphatic rings. The number of carbonyl (C=O) groups is 2. The highest BCUT2D eigenvalue weighted by atomic mass is 16.2. The van der Waals surface area contributed by atoms with Gasteiger partial charge in [-0.05, 0) is 49.6 Å². The molecule has 3 rings (SSSR count). The summed E-state index contributed by atoms with van der Waals surface area (Å²) in [5.41, 5.74) is 2.36. The zero-order chi connectivity index (χ0) is 18.5. The first-order chi connectivity index (χ1) is 12.6. The molecule has 2 amide bonds. The van der Waals surface area contributed by atoms with Crippen molar-refractivity contribution in [3.05, 3.63) is 59.4 Å². The molecule has 0 aliphatic carbocycles. The number of amides is 2. The monoisotopic (exact) mass is 352 g/mol. The summed E-state index contributed by atoms with van der Waals surface area (Å²) >= 11 is 0. The van der Waals surface area contributed by atoms with Crippen LogP contribution in [0.3, 0.4) is 0 Å². The molecule has 0 spiro atoms. The van der Waals surface area contributed by atoms with Crippen molar-refractivity contribution in [2.45, 2.75) is 26.3 Å². The number of aromatic nitrogens is 1. The van der Waals surface area contributed by atoms with Crippen LogP contribution in [0.25, 0.3) is 0 Å². The first kappa shape index (κ1) is 18.1. The molecule has 2 aromatic rings. The number of hydrogen-bond donors (Lipinski definition) is 3. The minimum atomic E-state index is -0.261. The van der Waals surface area contributed by atoms with Gasteiger partial charge in [-0.2, -0.15) is 0 Å². The highest BCUT2D eigenvalue weighted by molar-refractivity contribution is 6.09. The molecule has 26 heavy (non-hydrogen) atoms. The summed E-state index contributed by atoms with van der Waals surface area (Å²) in [4.78, 5) is 29.3. The molecule has 2 unspecified atom stereocenters. The van der Waals surface area contributed by atoms with Gasteiger partial charge in [0.15, 0.2) is 0 Å². The summed E-state index contributed by atoms with van der Waals surface area (Å²) in [5.74, 6) is -0.0115. The van der Waals surface area contributed by atoms with Gasteiger partial charge in [-0.15, -0.1) is 0 Å².